The highest BCUT2D eigenvalue weighted by atomic mass is 16.5. The van der Waals surface area contributed by atoms with Gasteiger partial charge in [-0.15, -0.1) is 0 Å². The summed E-state index contributed by atoms with van der Waals surface area (Å²) >= 11 is 0. The van der Waals surface area contributed by atoms with Crippen LogP contribution >= 0.6 is 0 Å². The largest absolute Gasteiger partial charge is 0.364 e. The van der Waals surface area contributed by atoms with E-state index in [0.29, 0.717) is 12.2 Å². The molecule has 6 heteroatoms. The van der Waals surface area contributed by atoms with Crippen molar-refractivity contribution >= 4 is 5.91 Å². The number of carbonyl (C=O) groups is 1. The number of carbonyl (C=O) groups excluding carboxylic acids is 1. The third kappa shape index (κ3) is 2.93. The maximum Gasteiger partial charge on any atom is 0.273 e. The third-order valence-corrected chi connectivity index (χ3v) is 2.51. The van der Waals surface area contributed by atoms with E-state index in [1.165, 1.54) is 17.9 Å². The van der Waals surface area contributed by atoms with Gasteiger partial charge < -0.3 is 9.84 Å². The minimum atomic E-state index is -0.206. The lowest BCUT2D eigenvalue weighted by molar-refractivity contribution is 0.0944. The zero-order chi connectivity index (χ0) is 12.1. The molecule has 2 rings (SSSR count). The predicted octanol–water partition coefficient (Wildman–Crippen LogP) is 1.07. The van der Waals surface area contributed by atoms with Crippen molar-refractivity contribution in [2.45, 2.75) is 19.8 Å². The summed E-state index contributed by atoms with van der Waals surface area (Å²) in [6, 6.07) is 1.54. The SMILES string of the molecule is Cc1[nH]ncc1CCCNC(=O)c1ccon1. The van der Waals surface area contributed by atoms with Crippen molar-refractivity contribution in [3.63, 3.8) is 0 Å². The first kappa shape index (κ1) is 11.4. The second-order valence-electron chi connectivity index (χ2n) is 3.76. The summed E-state index contributed by atoms with van der Waals surface area (Å²) in [5.74, 6) is -0.206. The molecular formula is C11H14N4O2. The van der Waals surface area contributed by atoms with Gasteiger partial charge in [-0.2, -0.15) is 5.10 Å². The number of aromatic amines is 1. The Labute approximate surface area is 98.4 Å². The lowest BCUT2D eigenvalue weighted by Crippen LogP contribution is -2.25. The lowest BCUT2D eigenvalue weighted by atomic mass is 10.1. The van der Waals surface area contributed by atoms with E-state index in [0.717, 1.165) is 18.5 Å². The highest BCUT2D eigenvalue weighted by molar-refractivity contribution is 5.91. The van der Waals surface area contributed by atoms with Gasteiger partial charge in [0.05, 0.1) is 6.20 Å². The van der Waals surface area contributed by atoms with E-state index in [1.807, 2.05) is 13.1 Å². The molecule has 2 aromatic heterocycles. The Morgan fingerprint density at radius 3 is 3.12 bits per heavy atom. The standard InChI is InChI=1S/C11H14N4O2/c1-8-9(7-13-14-8)3-2-5-12-11(16)10-4-6-17-15-10/h4,6-7H,2-3,5H2,1H3,(H,12,16)(H,13,14). The average molecular weight is 234 g/mol. The Balaban J connectivity index is 1.70. The molecule has 0 bridgehead atoms. The molecule has 90 valence electrons. The normalized spacial score (nSPS) is 10.4. The minimum Gasteiger partial charge on any atom is -0.364 e. The summed E-state index contributed by atoms with van der Waals surface area (Å²) in [6.45, 7) is 2.59. The predicted molar refractivity (Wildman–Crippen MR) is 60.5 cm³/mol. The molecule has 0 aliphatic rings. The number of aromatic nitrogens is 3. The molecule has 6 nitrogen and oxygen atoms in total. The molecule has 0 aliphatic carbocycles. The molecule has 0 unspecified atom stereocenters. The van der Waals surface area contributed by atoms with Crippen LogP contribution < -0.4 is 5.32 Å². The summed E-state index contributed by atoms with van der Waals surface area (Å²) in [6.07, 6.45) is 4.95. The Morgan fingerprint density at radius 2 is 2.47 bits per heavy atom. The fraction of sp³-hybridized carbons (Fsp3) is 0.364. The van der Waals surface area contributed by atoms with Gasteiger partial charge in [-0.05, 0) is 25.3 Å². The van der Waals surface area contributed by atoms with Gasteiger partial charge in [-0.25, -0.2) is 0 Å². The van der Waals surface area contributed by atoms with Gasteiger partial charge in [0, 0.05) is 18.3 Å². The first-order valence-corrected chi connectivity index (χ1v) is 5.45. The van der Waals surface area contributed by atoms with Crippen LogP contribution in [0.2, 0.25) is 0 Å². The van der Waals surface area contributed by atoms with Crippen LogP contribution in [0.4, 0.5) is 0 Å². The first-order valence-electron chi connectivity index (χ1n) is 5.45. The maximum absolute atomic E-state index is 11.5. The van der Waals surface area contributed by atoms with Gasteiger partial charge in [0.2, 0.25) is 0 Å². The van der Waals surface area contributed by atoms with E-state index in [-0.39, 0.29) is 5.91 Å². The van der Waals surface area contributed by atoms with E-state index in [1.54, 1.807) is 0 Å². The van der Waals surface area contributed by atoms with Gasteiger partial charge in [0.15, 0.2) is 5.69 Å². The average Bonchev–Trinajstić information content (AvgIpc) is 2.96. The van der Waals surface area contributed by atoms with Gasteiger partial charge >= 0.3 is 0 Å². The highest BCUT2D eigenvalue weighted by Crippen LogP contribution is 2.05. The quantitative estimate of drug-likeness (QED) is 0.758. The minimum absolute atomic E-state index is 0.206. The van der Waals surface area contributed by atoms with Crippen molar-refractivity contribution in [2.75, 3.05) is 6.54 Å². The summed E-state index contributed by atoms with van der Waals surface area (Å²) in [4.78, 5) is 11.5. The number of aryl methyl sites for hydroxylation is 2. The number of hydrogen-bond donors (Lipinski definition) is 2. The van der Waals surface area contributed by atoms with Crippen LogP contribution in [-0.2, 0) is 6.42 Å². The van der Waals surface area contributed by atoms with Crippen LogP contribution in [-0.4, -0.2) is 27.8 Å². The molecule has 17 heavy (non-hydrogen) atoms. The number of amides is 1. The molecule has 1 amide bonds. The Kier molecular flexibility index (Phi) is 3.54. The molecular weight excluding hydrogens is 220 g/mol. The first-order chi connectivity index (χ1) is 8.27. The molecule has 0 atom stereocenters. The Hall–Kier alpha value is -2.11. The van der Waals surface area contributed by atoms with E-state index >= 15 is 0 Å². The molecule has 0 fully saturated rings. The maximum atomic E-state index is 11.5. The van der Waals surface area contributed by atoms with Crippen molar-refractivity contribution in [2.24, 2.45) is 0 Å². The molecule has 0 radical (unpaired) electrons. The monoisotopic (exact) mass is 234 g/mol. The highest BCUT2D eigenvalue weighted by Gasteiger charge is 2.07. The zero-order valence-corrected chi connectivity index (χ0v) is 9.56. The summed E-state index contributed by atoms with van der Waals surface area (Å²) in [5.41, 5.74) is 2.57. The summed E-state index contributed by atoms with van der Waals surface area (Å²) in [7, 11) is 0. The van der Waals surface area contributed by atoms with Crippen LogP contribution in [0.25, 0.3) is 0 Å². The van der Waals surface area contributed by atoms with E-state index in [9.17, 15) is 4.79 Å². The van der Waals surface area contributed by atoms with Crippen LogP contribution in [0, 0.1) is 6.92 Å². The Morgan fingerprint density at radius 1 is 1.59 bits per heavy atom. The Bertz CT molecular complexity index is 475. The molecule has 2 heterocycles. The number of nitrogens with zero attached hydrogens (tertiary/aromatic N) is 2. The van der Waals surface area contributed by atoms with E-state index < -0.39 is 0 Å². The second kappa shape index (κ2) is 5.29. The van der Waals surface area contributed by atoms with Gasteiger partial charge in [-0.3, -0.25) is 9.89 Å². The number of hydrogen-bond acceptors (Lipinski definition) is 4. The van der Waals surface area contributed by atoms with Crippen molar-refractivity contribution < 1.29 is 9.32 Å². The van der Waals surface area contributed by atoms with Crippen LogP contribution in [0.3, 0.4) is 0 Å². The fourth-order valence-electron chi connectivity index (χ4n) is 1.53. The van der Waals surface area contributed by atoms with E-state index in [2.05, 4.69) is 25.2 Å². The van der Waals surface area contributed by atoms with Crippen molar-refractivity contribution in [1.82, 2.24) is 20.7 Å². The van der Waals surface area contributed by atoms with Crippen LogP contribution in [0.5, 0.6) is 0 Å². The topological polar surface area (TPSA) is 83.8 Å². The van der Waals surface area contributed by atoms with Crippen molar-refractivity contribution in [3.8, 4) is 0 Å². The van der Waals surface area contributed by atoms with Crippen LogP contribution in [0.1, 0.15) is 28.2 Å². The number of nitrogens with one attached hydrogen (secondary N) is 2. The van der Waals surface area contributed by atoms with Crippen molar-refractivity contribution in [1.29, 1.82) is 0 Å². The fourth-order valence-corrected chi connectivity index (χ4v) is 1.53. The van der Waals surface area contributed by atoms with E-state index in [4.69, 9.17) is 0 Å². The molecule has 0 saturated carbocycles. The summed E-state index contributed by atoms with van der Waals surface area (Å²) < 4.78 is 4.59. The molecule has 0 aromatic carbocycles. The third-order valence-electron chi connectivity index (χ3n) is 2.51. The molecule has 0 spiro atoms. The second-order valence-corrected chi connectivity index (χ2v) is 3.76. The number of rotatable bonds is 5. The summed E-state index contributed by atoms with van der Waals surface area (Å²) in [5, 5.41) is 13.2. The molecule has 0 saturated heterocycles. The molecule has 0 aliphatic heterocycles. The molecule has 2 aromatic rings. The van der Waals surface area contributed by atoms with Crippen LogP contribution in [0.15, 0.2) is 23.0 Å². The van der Waals surface area contributed by atoms with Gasteiger partial charge in [-0.1, -0.05) is 5.16 Å². The van der Waals surface area contributed by atoms with Crippen molar-refractivity contribution in [3.05, 3.63) is 35.5 Å². The smallest absolute Gasteiger partial charge is 0.273 e. The lowest BCUT2D eigenvalue weighted by Gasteiger charge is -2.02. The molecule has 2 N–H and O–H groups in total. The van der Waals surface area contributed by atoms with Gasteiger partial charge in [0.1, 0.15) is 6.26 Å². The number of H-pyrrole nitrogens is 1. The zero-order valence-electron chi connectivity index (χ0n) is 9.56. The van der Waals surface area contributed by atoms with Gasteiger partial charge in [0.25, 0.3) is 5.91 Å².